The molecule has 4 nitrogen and oxygen atoms in total. The molecule has 17 heavy (non-hydrogen) atoms. The van der Waals surface area contributed by atoms with Crippen molar-refractivity contribution < 1.29 is 23.1 Å². The van der Waals surface area contributed by atoms with Gasteiger partial charge in [0.1, 0.15) is 0 Å². The van der Waals surface area contributed by atoms with Crippen molar-refractivity contribution in [2.24, 2.45) is 0 Å². The molecular weight excluding hydrogens is 277 g/mol. The predicted molar refractivity (Wildman–Crippen MR) is 59.1 cm³/mol. The summed E-state index contributed by atoms with van der Waals surface area (Å²) in [6.07, 6.45) is 2.96. The van der Waals surface area contributed by atoms with E-state index in [9.17, 15) is 18.0 Å². The molecule has 0 bridgehead atoms. The average molecular weight is 286 g/mol. The van der Waals surface area contributed by atoms with Crippen LogP contribution in [0.25, 0.3) is 0 Å². The molecule has 0 aliphatic rings. The second kappa shape index (κ2) is 6.20. The second-order valence-electron chi connectivity index (χ2n) is 2.88. The molecule has 0 aromatic carbocycles. The second-order valence-corrected chi connectivity index (χ2v) is 4.98. The lowest BCUT2D eigenvalue weighted by atomic mass is 10.7. The Labute approximate surface area is 104 Å². The standard InChI is InChI=1S/C8H9F3N2O2S2/c9-8(10,11)17-4-3-13-2-1-12-7(13)16-5-6(14)15/h1-2H,3-5H2,(H,14,15). The number of hydrogen-bond donors (Lipinski definition) is 1. The smallest absolute Gasteiger partial charge is 0.441 e. The summed E-state index contributed by atoms with van der Waals surface area (Å²) < 4.78 is 37.2. The Hall–Kier alpha value is -0.830. The maximum atomic E-state index is 11.9. The van der Waals surface area contributed by atoms with Crippen LogP contribution in [0.4, 0.5) is 13.2 Å². The number of aromatic nitrogens is 2. The molecule has 1 rings (SSSR count). The zero-order valence-electron chi connectivity index (χ0n) is 8.48. The van der Waals surface area contributed by atoms with Crippen LogP contribution < -0.4 is 0 Å². The molecule has 0 aliphatic heterocycles. The predicted octanol–water partition coefficient (Wildman–Crippen LogP) is 2.31. The average Bonchev–Trinajstić information content (AvgIpc) is 2.60. The third-order valence-electron chi connectivity index (χ3n) is 1.60. The Morgan fingerprint density at radius 1 is 1.53 bits per heavy atom. The number of thioether (sulfide) groups is 2. The first kappa shape index (κ1) is 14.2. The SMILES string of the molecule is O=C(O)CSc1nccn1CCSC(F)(F)F. The van der Waals surface area contributed by atoms with Gasteiger partial charge in [-0.1, -0.05) is 11.8 Å². The summed E-state index contributed by atoms with van der Waals surface area (Å²) in [6.45, 7) is 0.145. The molecule has 0 spiro atoms. The van der Waals surface area contributed by atoms with Crippen LogP contribution in [0.15, 0.2) is 17.6 Å². The Balaban J connectivity index is 2.43. The van der Waals surface area contributed by atoms with Crippen LogP contribution >= 0.6 is 23.5 Å². The molecule has 1 N–H and O–H groups in total. The van der Waals surface area contributed by atoms with Gasteiger partial charge in [-0.15, -0.1) is 0 Å². The topological polar surface area (TPSA) is 55.1 Å². The van der Waals surface area contributed by atoms with Gasteiger partial charge in [0, 0.05) is 24.7 Å². The number of alkyl halides is 3. The van der Waals surface area contributed by atoms with Crippen LogP contribution in [0, 0.1) is 0 Å². The number of carboxylic acid groups (broad SMARTS) is 1. The van der Waals surface area contributed by atoms with Gasteiger partial charge in [-0.25, -0.2) is 4.98 Å². The minimum absolute atomic E-state index is 0.109. The molecule has 0 amide bonds. The van der Waals surface area contributed by atoms with E-state index in [4.69, 9.17) is 5.11 Å². The first-order chi connectivity index (χ1) is 7.88. The summed E-state index contributed by atoms with van der Waals surface area (Å²) in [5.41, 5.74) is -4.24. The Morgan fingerprint density at radius 3 is 2.82 bits per heavy atom. The maximum absolute atomic E-state index is 11.9. The van der Waals surface area contributed by atoms with Crippen LogP contribution in [0.5, 0.6) is 0 Å². The summed E-state index contributed by atoms with van der Waals surface area (Å²) in [6, 6.07) is 0. The Kier molecular flexibility index (Phi) is 5.19. The molecule has 0 fully saturated rings. The monoisotopic (exact) mass is 286 g/mol. The van der Waals surface area contributed by atoms with E-state index in [1.807, 2.05) is 0 Å². The van der Waals surface area contributed by atoms with E-state index in [1.165, 1.54) is 17.0 Å². The lowest BCUT2D eigenvalue weighted by Crippen LogP contribution is -2.08. The molecule has 9 heteroatoms. The highest BCUT2D eigenvalue weighted by molar-refractivity contribution is 8.00. The van der Waals surface area contributed by atoms with Gasteiger partial charge in [-0.3, -0.25) is 4.79 Å². The minimum atomic E-state index is -4.24. The van der Waals surface area contributed by atoms with E-state index >= 15 is 0 Å². The first-order valence-corrected chi connectivity index (χ1v) is 6.42. The maximum Gasteiger partial charge on any atom is 0.441 e. The molecule has 0 saturated heterocycles. The molecule has 0 aliphatic carbocycles. The molecule has 0 saturated carbocycles. The number of aliphatic carboxylic acids is 1. The van der Waals surface area contributed by atoms with E-state index < -0.39 is 11.5 Å². The van der Waals surface area contributed by atoms with Gasteiger partial charge in [0.15, 0.2) is 5.16 Å². The molecule has 96 valence electrons. The Bertz CT molecular complexity index is 381. The number of carboxylic acids is 1. The highest BCUT2D eigenvalue weighted by Crippen LogP contribution is 2.30. The van der Waals surface area contributed by atoms with Crippen molar-refractivity contribution >= 4 is 29.5 Å². The van der Waals surface area contributed by atoms with E-state index in [1.54, 1.807) is 0 Å². The fraction of sp³-hybridized carbons (Fsp3) is 0.500. The minimum Gasteiger partial charge on any atom is -0.481 e. The van der Waals surface area contributed by atoms with Gasteiger partial charge in [0.25, 0.3) is 0 Å². The fourth-order valence-electron chi connectivity index (χ4n) is 0.992. The molecule has 0 unspecified atom stereocenters. The highest BCUT2D eigenvalue weighted by atomic mass is 32.2. The van der Waals surface area contributed by atoms with Gasteiger partial charge < -0.3 is 9.67 Å². The normalized spacial score (nSPS) is 11.7. The van der Waals surface area contributed by atoms with E-state index in [0.717, 1.165) is 11.8 Å². The highest BCUT2D eigenvalue weighted by Gasteiger charge is 2.27. The summed E-state index contributed by atoms with van der Waals surface area (Å²) in [5, 5.41) is 8.89. The summed E-state index contributed by atoms with van der Waals surface area (Å²) in [4.78, 5) is 14.2. The summed E-state index contributed by atoms with van der Waals surface area (Å²) in [7, 11) is 0. The van der Waals surface area contributed by atoms with Gasteiger partial charge in [-0.05, 0) is 11.8 Å². The van der Waals surface area contributed by atoms with Crippen molar-refractivity contribution in [3.8, 4) is 0 Å². The molecule has 0 radical (unpaired) electrons. The molecular formula is C8H9F3N2O2S2. The van der Waals surface area contributed by atoms with Crippen molar-refractivity contribution in [1.29, 1.82) is 0 Å². The molecule has 1 aromatic heterocycles. The van der Waals surface area contributed by atoms with Crippen molar-refractivity contribution in [2.75, 3.05) is 11.5 Å². The third-order valence-corrected chi connectivity index (χ3v) is 3.30. The van der Waals surface area contributed by atoms with Gasteiger partial charge in [-0.2, -0.15) is 13.2 Å². The quantitative estimate of drug-likeness (QED) is 0.813. The number of hydrogen-bond acceptors (Lipinski definition) is 4. The van der Waals surface area contributed by atoms with Crippen LogP contribution in [-0.4, -0.2) is 37.6 Å². The van der Waals surface area contributed by atoms with Crippen molar-refractivity contribution in [3.63, 3.8) is 0 Å². The number of rotatable bonds is 6. The largest absolute Gasteiger partial charge is 0.481 e. The van der Waals surface area contributed by atoms with Crippen LogP contribution in [-0.2, 0) is 11.3 Å². The van der Waals surface area contributed by atoms with Crippen LogP contribution in [0.1, 0.15) is 0 Å². The van der Waals surface area contributed by atoms with Gasteiger partial charge in [0.2, 0.25) is 0 Å². The Morgan fingerprint density at radius 2 is 2.24 bits per heavy atom. The zero-order chi connectivity index (χ0) is 12.9. The van der Waals surface area contributed by atoms with Gasteiger partial charge >= 0.3 is 11.5 Å². The van der Waals surface area contributed by atoms with Crippen molar-refractivity contribution in [2.45, 2.75) is 17.2 Å². The van der Waals surface area contributed by atoms with E-state index in [0.29, 0.717) is 5.16 Å². The van der Waals surface area contributed by atoms with E-state index in [-0.39, 0.29) is 29.8 Å². The van der Waals surface area contributed by atoms with Crippen LogP contribution in [0.3, 0.4) is 0 Å². The number of halogens is 3. The first-order valence-electron chi connectivity index (χ1n) is 4.45. The number of nitrogens with zero attached hydrogens (tertiary/aromatic N) is 2. The lowest BCUT2D eigenvalue weighted by Gasteiger charge is -2.08. The lowest BCUT2D eigenvalue weighted by molar-refractivity contribution is -0.133. The van der Waals surface area contributed by atoms with E-state index in [2.05, 4.69) is 4.98 Å². The third kappa shape index (κ3) is 5.87. The molecule has 1 heterocycles. The summed E-state index contributed by atoms with van der Waals surface area (Å²) in [5.74, 6) is -1.28. The van der Waals surface area contributed by atoms with Gasteiger partial charge in [0.05, 0.1) is 5.75 Å². The number of carbonyl (C=O) groups is 1. The molecule has 0 atom stereocenters. The van der Waals surface area contributed by atoms with Crippen molar-refractivity contribution in [3.05, 3.63) is 12.4 Å². The fourth-order valence-corrected chi connectivity index (χ4v) is 2.22. The number of aryl methyl sites for hydroxylation is 1. The zero-order valence-corrected chi connectivity index (χ0v) is 10.1. The molecule has 1 aromatic rings. The number of imidazole rings is 1. The van der Waals surface area contributed by atoms with Crippen LogP contribution in [0.2, 0.25) is 0 Å². The summed E-state index contributed by atoms with van der Waals surface area (Å²) >= 11 is 0.872. The van der Waals surface area contributed by atoms with Crippen molar-refractivity contribution in [1.82, 2.24) is 9.55 Å².